The first-order valence-corrected chi connectivity index (χ1v) is 8.47. The van der Waals surface area contributed by atoms with E-state index in [2.05, 4.69) is 5.32 Å². The third-order valence-electron chi connectivity index (χ3n) is 3.98. The van der Waals surface area contributed by atoms with Gasteiger partial charge in [-0.15, -0.1) is 0 Å². The summed E-state index contributed by atoms with van der Waals surface area (Å²) in [6.45, 7) is 0. The van der Waals surface area contributed by atoms with Crippen molar-refractivity contribution < 1.29 is 19.1 Å². The molecule has 1 aliphatic heterocycles. The SMILES string of the molecule is O=C(CC1CCCC1)Oc1ccc(/C=C2\SC(=O)NC2=O)cc1. The third-order valence-corrected chi connectivity index (χ3v) is 4.79. The molecule has 0 atom stereocenters. The molecule has 0 bridgehead atoms. The maximum atomic E-state index is 11.9. The van der Waals surface area contributed by atoms with Crippen LogP contribution in [0.4, 0.5) is 4.79 Å². The van der Waals surface area contributed by atoms with E-state index in [9.17, 15) is 14.4 Å². The van der Waals surface area contributed by atoms with Crippen LogP contribution in [0.25, 0.3) is 6.08 Å². The van der Waals surface area contributed by atoms with Gasteiger partial charge in [-0.1, -0.05) is 25.0 Å². The summed E-state index contributed by atoms with van der Waals surface area (Å²) in [5, 5.41) is 1.84. The summed E-state index contributed by atoms with van der Waals surface area (Å²) in [5.41, 5.74) is 0.771. The number of ether oxygens (including phenoxy) is 1. The van der Waals surface area contributed by atoms with E-state index in [-0.39, 0.29) is 17.1 Å². The Morgan fingerprint density at radius 3 is 2.52 bits per heavy atom. The number of benzene rings is 1. The molecule has 5 nitrogen and oxygen atoms in total. The van der Waals surface area contributed by atoms with Gasteiger partial charge in [0.25, 0.3) is 11.1 Å². The van der Waals surface area contributed by atoms with Gasteiger partial charge in [0.1, 0.15) is 5.75 Å². The van der Waals surface area contributed by atoms with E-state index in [1.807, 2.05) is 0 Å². The van der Waals surface area contributed by atoms with E-state index in [1.165, 1.54) is 12.8 Å². The molecule has 0 radical (unpaired) electrons. The fraction of sp³-hybridized carbons (Fsp3) is 0.353. The molecule has 120 valence electrons. The second-order valence-electron chi connectivity index (χ2n) is 5.75. The van der Waals surface area contributed by atoms with E-state index in [0.717, 1.165) is 30.2 Å². The Balaban J connectivity index is 1.58. The van der Waals surface area contributed by atoms with Crippen LogP contribution in [0.3, 0.4) is 0 Å². The lowest BCUT2D eigenvalue weighted by Crippen LogP contribution is -2.17. The summed E-state index contributed by atoms with van der Waals surface area (Å²) in [6, 6.07) is 6.89. The highest BCUT2D eigenvalue weighted by atomic mass is 32.2. The van der Waals surface area contributed by atoms with Gasteiger partial charge in [-0.3, -0.25) is 19.7 Å². The van der Waals surface area contributed by atoms with Gasteiger partial charge >= 0.3 is 5.97 Å². The van der Waals surface area contributed by atoms with Gasteiger partial charge in [0.15, 0.2) is 0 Å². The van der Waals surface area contributed by atoms with E-state index in [4.69, 9.17) is 4.74 Å². The summed E-state index contributed by atoms with van der Waals surface area (Å²) in [5.74, 6) is 0.378. The normalized spacial score (nSPS) is 20.1. The molecule has 3 rings (SSSR count). The van der Waals surface area contributed by atoms with Crippen LogP contribution in [0.15, 0.2) is 29.2 Å². The average Bonchev–Trinajstić information content (AvgIpc) is 3.11. The summed E-state index contributed by atoms with van der Waals surface area (Å²) in [4.78, 5) is 34.8. The Morgan fingerprint density at radius 1 is 1.22 bits per heavy atom. The van der Waals surface area contributed by atoms with Crippen LogP contribution < -0.4 is 10.1 Å². The van der Waals surface area contributed by atoms with Gasteiger partial charge < -0.3 is 4.74 Å². The lowest BCUT2D eigenvalue weighted by Gasteiger charge is -2.08. The minimum absolute atomic E-state index is 0.195. The number of hydrogen-bond acceptors (Lipinski definition) is 5. The van der Waals surface area contributed by atoms with Crippen LogP contribution in [-0.4, -0.2) is 17.1 Å². The molecule has 1 saturated carbocycles. The molecule has 1 N–H and O–H groups in total. The molecule has 2 aliphatic rings. The molecule has 6 heteroatoms. The summed E-state index contributed by atoms with van der Waals surface area (Å²) in [7, 11) is 0. The molecule has 2 fully saturated rings. The van der Waals surface area contributed by atoms with Crippen LogP contribution in [0.5, 0.6) is 5.75 Å². The number of esters is 1. The van der Waals surface area contributed by atoms with Gasteiger partial charge in [0.05, 0.1) is 4.91 Å². The molecule has 0 aromatic heterocycles. The molecule has 0 spiro atoms. The second-order valence-corrected chi connectivity index (χ2v) is 6.76. The lowest BCUT2D eigenvalue weighted by atomic mass is 10.0. The van der Waals surface area contributed by atoms with E-state index in [0.29, 0.717) is 23.0 Å². The van der Waals surface area contributed by atoms with Crippen LogP contribution in [0.2, 0.25) is 0 Å². The van der Waals surface area contributed by atoms with Crippen molar-refractivity contribution in [2.75, 3.05) is 0 Å². The number of carbonyl (C=O) groups excluding carboxylic acids is 3. The summed E-state index contributed by atoms with van der Waals surface area (Å²) in [6.07, 6.45) is 6.74. The molecule has 1 aromatic carbocycles. The number of thioether (sulfide) groups is 1. The summed E-state index contributed by atoms with van der Waals surface area (Å²) >= 11 is 0.877. The predicted molar refractivity (Wildman–Crippen MR) is 87.8 cm³/mol. The average molecular weight is 331 g/mol. The molecule has 2 amide bonds. The van der Waals surface area contributed by atoms with Crippen molar-refractivity contribution in [3.05, 3.63) is 34.7 Å². The summed E-state index contributed by atoms with van der Waals surface area (Å²) < 4.78 is 5.34. The first kappa shape index (κ1) is 15.8. The van der Waals surface area contributed by atoms with Gasteiger partial charge in [-0.05, 0) is 54.3 Å². The van der Waals surface area contributed by atoms with E-state index in [1.54, 1.807) is 30.3 Å². The van der Waals surface area contributed by atoms with Crippen molar-refractivity contribution in [1.29, 1.82) is 0 Å². The topological polar surface area (TPSA) is 72.5 Å². The van der Waals surface area contributed by atoms with Gasteiger partial charge in [0, 0.05) is 6.42 Å². The Morgan fingerprint density at radius 2 is 1.91 bits per heavy atom. The minimum Gasteiger partial charge on any atom is -0.427 e. The zero-order valence-corrected chi connectivity index (χ0v) is 13.4. The highest BCUT2D eigenvalue weighted by Crippen LogP contribution is 2.28. The second kappa shape index (κ2) is 7.00. The monoisotopic (exact) mass is 331 g/mol. The Labute approximate surface area is 138 Å². The van der Waals surface area contributed by atoms with E-state index >= 15 is 0 Å². The number of amides is 2. The smallest absolute Gasteiger partial charge is 0.311 e. The van der Waals surface area contributed by atoms with Crippen molar-refractivity contribution >= 4 is 35.0 Å². The number of nitrogens with one attached hydrogen (secondary N) is 1. The molecule has 0 unspecified atom stereocenters. The highest BCUT2D eigenvalue weighted by Gasteiger charge is 2.25. The molecular formula is C17H17NO4S. The van der Waals surface area contributed by atoms with Crippen LogP contribution in [0.1, 0.15) is 37.7 Å². The van der Waals surface area contributed by atoms with Crippen LogP contribution in [-0.2, 0) is 9.59 Å². The number of hydrogen-bond donors (Lipinski definition) is 1. The van der Waals surface area contributed by atoms with Crippen molar-refractivity contribution in [3.8, 4) is 5.75 Å². The van der Waals surface area contributed by atoms with Crippen molar-refractivity contribution in [1.82, 2.24) is 5.32 Å². The van der Waals surface area contributed by atoms with Crippen molar-refractivity contribution in [2.24, 2.45) is 5.92 Å². The number of imide groups is 1. The Kier molecular flexibility index (Phi) is 4.81. The maximum absolute atomic E-state index is 11.9. The predicted octanol–water partition coefficient (Wildman–Crippen LogP) is 3.50. The molecular weight excluding hydrogens is 314 g/mol. The molecule has 1 saturated heterocycles. The Bertz CT molecular complexity index is 660. The first-order chi connectivity index (χ1) is 11.1. The van der Waals surface area contributed by atoms with Gasteiger partial charge in [0.2, 0.25) is 0 Å². The fourth-order valence-corrected chi connectivity index (χ4v) is 3.51. The Hall–Kier alpha value is -2.08. The van der Waals surface area contributed by atoms with Crippen LogP contribution >= 0.6 is 11.8 Å². The number of rotatable bonds is 4. The zero-order valence-electron chi connectivity index (χ0n) is 12.5. The quantitative estimate of drug-likeness (QED) is 0.519. The number of carbonyl (C=O) groups is 3. The zero-order chi connectivity index (χ0) is 16.2. The molecule has 1 heterocycles. The van der Waals surface area contributed by atoms with Crippen molar-refractivity contribution in [3.63, 3.8) is 0 Å². The minimum atomic E-state index is -0.382. The molecule has 1 aliphatic carbocycles. The highest BCUT2D eigenvalue weighted by molar-refractivity contribution is 8.18. The standard InChI is InChI=1S/C17H17NO4S/c19-15(10-11-3-1-2-4-11)22-13-7-5-12(6-8-13)9-14-16(20)18-17(21)23-14/h5-9,11H,1-4,10H2,(H,18,20,21)/b14-9-. The van der Waals surface area contributed by atoms with E-state index < -0.39 is 0 Å². The molecule has 1 aromatic rings. The molecule has 23 heavy (non-hydrogen) atoms. The van der Waals surface area contributed by atoms with Gasteiger partial charge in [-0.2, -0.15) is 0 Å². The van der Waals surface area contributed by atoms with Crippen molar-refractivity contribution in [2.45, 2.75) is 32.1 Å². The first-order valence-electron chi connectivity index (χ1n) is 7.66. The van der Waals surface area contributed by atoms with Crippen LogP contribution in [0, 0.1) is 5.92 Å². The van der Waals surface area contributed by atoms with Gasteiger partial charge in [-0.25, -0.2) is 0 Å². The fourth-order valence-electron chi connectivity index (χ4n) is 2.83. The lowest BCUT2D eigenvalue weighted by molar-refractivity contribution is -0.135. The maximum Gasteiger partial charge on any atom is 0.311 e. The third kappa shape index (κ3) is 4.22. The largest absolute Gasteiger partial charge is 0.427 e.